The number of rotatable bonds is 2. The maximum atomic E-state index is 6.22. The molecule has 0 radical (unpaired) electrons. The molecule has 104 valence electrons. The van der Waals surface area contributed by atoms with Crippen molar-refractivity contribution >= 4 is 39.1 Å². The molecule has 0 aliphatic carbocycles. The summed E-state index contributed by atoms with van der Waals surface area (Å²) >= 11 is 7.85. The van der Waals surface area contributed by atoms with Crippen molar-refractivity contribution in [2.24, 2.45) is 0 Å². The highest BCUT2D eigenvalue weighted by molar-refractivity contribution is 7.18. The van der Waals surface area contributed by atoms with E-state index in [2.05, 4.69) is 28.1 Å². The van der Waals surface area contributed by atoms with E-state index in [0.29, 0.717) is 10.8 Å². The van der Waals surface area contributed by atoms with Crippen molar-refractivity contribution in [1.29, 1.82) is 0 Å². The van der Waals surface area contributed by atoms with Gasteiger partial charge in [0.1, 0.15) is 4.83 Å². The van der Waals surface area contributed by atoms with Crippen LogP contribution in [0.3, 0.4) is 0 Å². The molecule has 0 saturated heterocycles. The molecule has 0 saturated carbocycles. The summed E-state index contributed by atoms with van der Waals surface area (Å²) in [5.74, 6) is 0.941. The maximum Gasteiger partial charge on any atom is 0.223 e. The minimum Gasteiger partial charge on any atom is -0.368 e. The lowest BCUT2D eigenvalue weighted by Crippen LogP contribution is -2.06. The van der Waals surface area contributed by atoms with Crippen LogP contribution < -0.4 is 5.73 Å². The minimum absolute atomic E-state index is 0.251. The summed E-state index contributed by atoms with van der Waals surface area (Å²) in [4.78, 5) is 10.8. The Labute approximate surface area is 125 Å². The maximum absolute atomic E-state index is 6.22. The number of halogens is 1. The van der Waals surface area contributed by atoms with E-state index >= 15 is 0 Å². The fourth-order valence-corrected chi connectivity index (χ4v) is 3.22. The highest BCUT2D eigenvalue weighted by Gasteiger charge is 2.17. The molecule has 7 heteroatoms. The Morgan fingerprint density at radius 3 is 2.70 bits per heavy atom. The van der Waals surface area contributed by atoms with Crippen LogP contribution in [0.15, 0.2) is 6.07 Å². The lowest BCUT2D eigenvalue weighted by Gasteiger charge is -2.05. The lowest BCUT2D eigenvalue weighted by molar-refractivity contribution is 0.812. The first-order chi connectivity index (χ1) is 9.51. The van der Waals surface area contributed by atoms with Gasteiger partial charge in [-0.05, 0) is 26.3 Å². The topological polar surface area (TPSA) is 69.6 Å². The van der Waals surface area contributed by atoms with Crippen LogP contribution in [0.4, 0.5) is 5.95 Å². The summed E-state index contributed by atoms with van der Waals surface area (Å²) < 4.78 is 1.74. The van der Waals surface area contributed by atoms with Gasteiger partial charge in [0.25, 0.3) is 0 Å². The zero-order valence-corrected chi connectivity index (χ0v) is 13.0. The predicted molar refractivity (Wildman–Crippen MR) is 82.8 cm³/mol. The van der Waals surface area contributed by atoms with Gasteiger partial charge in [0.05, 0.1) is 21.8 Å². The standard InChI is InChI=1S/C13H14ClN5S/c1-4-8-5-9-11(16-13(15)17-12(9)20-8)19-7(3)10(14)6(2)18-19/h5H,4H2,1-3H3,(H2,15,16,17). The average Bonchev–Trinajstić information content (AvgIpc) is 2.94. The third-order valence-electron chi connectivity index (χ3n) is 3.19. The van der Waals surface area contributed by atoms with Gasteiger partial charge in [0, 0.05) is 4.88 Å². The molecule has 0 fully saturated rings. The van der Waals surface area contributed by atoms with Crippen LogP contribution in [-0.4, -0.2) is 19.7 Å². The van der Waals surface area contributed by atoms with E-state index in [4.69, 9.17) is 17.3 Å². The number of aromatic nitrogens is 4. The predicted octanol–water partition coefficient (Wildman–Crippen LogP) is 3.29. The smallest absolute Gasteiger partial charge is 0.223 e. The Balaban J connectivity index is 2.34. The molecule has 0 unspecified atom stereocenters. The number of nitrogens with two attached hydrogens (primary N) is 1. The van der Waals surface area contributed by atoms with Crippen LogP contribution in [0.2, 0.25) is 5.02 Å². The Morgan fingerprint density at radius 1 is 1.35 bits per heavy atom. The first-order valence-electron chi connectivity index (χ1n) is 6.29. The minimum atomic E-state index is 0.251. The van der Waals surface area contributed by atoms with Crippen LogP contribution in [0.25, 0.3) is 16.0 Å². The zero-order chi connectivity index (χ0) is 14.4. The summed E-state index contributed by atoms with van der Waals surface area (Å²) in [6.07, 6.45) is 0.957. The zero-order valence-electron chi connectivity index (χ0n) is 11.4. The van der Waals surface area contributed by atoms with Gasteiger partial charge in [0.15, 0.2) is 5.82 Å². The molecule has 0 atom stereocenters. The summed E-state index contributed by atoms with van der Waals surface area (Å²) in [6.45, 7) is 5.90. The first kappa shape index (κ1) is 13.3. The average molecular weight is 308 g/mol. The van der Waals surface area contributed by atoms with Crippen molar-refractivity contribution in [2.75, 3.05) is 5.73 Å². The van der Waals surface area contributed by atoms with Gasteiger partial charge in [-0.25, -0.2) is 9.67 Å². The quantitative estimate of drug-likeness (QED) is 0.788. The summed E-state index contributed by atoms with van der Waals surface area (Å²) in [6, 6.07) is 2.10. The Morgan fingerprint density at radius 2 is 2.10 bits per heavy atom. The summed E-state index contributed by atoms with van der Waals surface area (Å²) in [5, 5.41) is 6.07. The van der Waals surface area contributed by atoms with Crippen molar-refractivity contribution < 1.29 is 0 Å². The molecule has 0 aliphatic heterocycles. The second-order valence-corrected chi connectivity index (χ2v) is 6.08. The van der Waals surface area contributed by atoms with Gasteiger partial charge in [-0.3, -0.25) is 0 Å². The van der Waals surface area contributed by atoms with E-state index in [9.17, 15) is 0 Å². The highest BCUT2D eigenvalue weighted by Crippen LogP contribution is 2.31. The van der Waals surface area contributed by atoms with Crippen molar-refractivity contribution in [2.45, 2.75) is 27.2 Å². The molecular weight excluding hydrogens is 294 g/mol. The third kappa shape index (κ3) is 1.96. The molecule has 3 rings (SSSR count). The number of aryl methyl sites for hydroxylation is 2. The van der Waals surface area contributed by atoms with Crippen molar-refractivity contribution in [3.8, 4) is 5.82 Å². The van der Waals surface area contributed by atoms with Crippen LogP contribution >= 0.6 is 22.9 Å². The van der Waals surface area contributed by atoms with E-state index in [-0.39, 0.29) is 5.95 Å². The largest absolute Gasteiger partial charge is 0.368 e. The van der Waals surface area contributed by atoms with Crippen LogP contribution in [0.5, 0.6) is 0 Å². The van der Waals surface area contributed by atoms with Gasteiger partial charge in [-0.2, -0.15) is 10.1 Å². The molecular formula is C13H14ClN5S. The second kappa shape index (κ2) is 4.71. The van der Waals surface area contributed by atoms with Gasteiger partial charge in [0.2, 0.25) is 5.95 Å². The summed E-state index contributed by atoms with van der Waals surface area (Å²) in [7, 11) is 0. The van der Waals surface area contributed by atoms with E-state index in [0.717, 1.165) is 28.0 Å². The van der Waals surface area contributed by atoms with E-state index in [1.54, 1.807) is 16.0 Å². The van der Waals surface area contributed by atoms with Crippen LogP contribution in [-0.2, 0) is 6.42 Å². The van der Waals surface area contributed by atoms with E-state index in [1.807, 2.05) is 13.8 Å². The van der Waals surface area contributed by atoms with Gasteiger partial charge < -0.3 is 5.73 Å². The van der Waals surface area contributed by atoms with Crippen molar-refractivity contribution in [3.63, 3.8) is 0 Å². The normalized spacial score (nSPS) is 11.4. The third-order valence-corrected chi connectivity index (χ3v) is 4.91. The monoisotopic (exact) mass is 307 g/mol. The Hall–Kier alpha value is -1.66. The number of nitrogen functional groups attached to an aromatic ring is 1. The van der Waals surface area contributed by atoms with Gasteiger partial charge in [-0.1, -0.05) is 18.5 Å². The number of hydrogen-bond donors (Lipinski definition) is 1. The molecule has 0 amide bonds. The number of hydrogen-bond acceptors (Lipinski definition) is 5. The molecule has 0 aromatic carbocycles. The fraction of sp³-hybridized carbons (Fsp3) is 0.308. The lowest BCUT2D eigenvalue weighted by atomic mass is 10.3. The Bertz CT molecular complexity index is 805. The molecule has 2 N–H and O–H groups in total. The molecule has 3 aromatic heterocycles. The SMILES string of the molecule is CCc1cc2c(-n3nc(C)c(Cl)c3C)nc(N)nc2s1. The van der Waals surface area contributed by atoms with Crippen molar-refractivity contribution in [1.82, 2.24) is 19.7 Å². The summed E-state index contributed by atoms with van der Waals surface area (Å²) in [5.41, 5.74) is 7.45. The number of nitrogens with zero attached hydrogens (tertiary/aromatic N) is 4. The molecule has 5 nitrogen and oxygen atoms in total. The van der Waals surface area contributed by atoms with Gasteiger partial charge >= 0.3 is 0 Å². The van der Waals surface area contributed by atoms with Gasteiger partial charge in [-0.15, -0.1) is 11.3 Å². The molecule has 0 spiro atoms. The van der Waals surface area contributed by atoms with E-state index < -0.39 is 0 Å². The molecule has 3 aromatic rings. The van der Waals surface area contributed by atoms with Crippen LogP contribution in [0.1, 0.15) is 23.2 Å². The highest BCUT2D eigenvalue weighted by atomic mass is 35.5. The number of anilines is 1. The fourth-order valence-electron chi connectivity index (χ4n) is 2.14. The Kier molecular flexibility index (Phi) is 3.14. The van der Waals surface area contributed by atoms with Crippen molar-refractivity contribution in [3.05, 3.63) is 27.4 Å². The molecule has 20 heavy (non-hydrogen) atoms. The molecule has 0 bridgehead atoms. The van der Waals surface area contributed by atoms with E-state index in [1.165, 1.54) is 4.88 Å². The molecule has 3 heterocycles. The molecule has 0 aliphatic rings. The first-order valence-corrected chi connectivity index (χ1v) is 7.48. The second-order valence-electron chi connectivity index (χ2n) is 4.59. The number of thiophene rings is 1. The number of fused-ring (bicyclic) bond motifs is 1. The van der Waals surface area contributed by atoms with Crippen LogP contribution in [0, 0.1) is 13.8 Å².